The van der Waals surface area contributed by atoms with Crippen LogP contribution in [0.5, 0.6) is 11.5 Å². The first-order valence-corrected chi connectivity index (χ1v) is 11.8. The summed E-state index contributed by atoms with van der Waals surface area (Å²) in [7, 11) is 1.57. The Kier molecular flexibility index (Phi) is 7.01. The Morgan fingerprint density at radius 3 is 2.63 bits per heavy atom. The van der Waals surface area contributed by atoms with Crippen molar-refractivity contribution in [2.75, 3.05) is 7.11 Å². The molecule has 38 heavy (non-hydrogen) atoms. The Bertz CT molecular complexity index is 1530. The second kappa shape index (κ2) is 10.5. The summed E-state index contributed by atoms with van der Waals surface area (Å²) in [6.07, 6.45) is 8.36. The maximum absolute atomic E-state index is 12.4. The Hall–Kier alpha value is -4.38. The predicted molar refractivity (Wildman–Crippen MR) is 141 cm³/mol. The maximum atomic E-state index is 12.4. The summed E-state index contributed by atoms with van der Waals surface area (Å²) in [5.74, 6) is 0.265. The quantitative estimate of drug-likeness (QED) is 0.161. The highest BCUT2D eigenvalue weighted by Crippen LogP contribution is 2.38. The van der Waals surface area contributed by atoms with Gasteiger partial charge < -0.3 is 9.47 Å². The molecule has 2 aromatic carbocycles. The van der Waals surface area contributed by atoms with Gasteiger partial charge in [0.15, 0.2) is 0 Å². The van der Waals surface area contributed by atoms with Crippen molar-refractivity contribution >= 4 is 29.6 Å². The van der Waals surface area contributed by atoms with Gasteiger partial charge in [0.25, 0.3) is 0 Å². The van der Waals surface area contributed by atoms with Gasteiger partial charge in [0, 0.05) is 11.6 Å². The number of methoxy groups -OCH3 is 1. The van der Waals surface area contributed by atoms with E-state index in [-0.39, 0.29) is 16.8 Å². The number of azo groups is 1. The van der Waals surface area contributed by atoms with Gasteiger partial charge in [0.1, 0.15) is 23.5 Å². The second-order valence-electron chi connectivity index (χ2n) is 8.17. The zero-order chi connectivity index (χ0) is 26.7. The summed E-state index contributed by atoms with van der Waals surface area (Å²) in [6, 6.07) is 12.9. The van der Waals surface area contributed by atoms with Gasteiger partial charge >= 0.3 is 6.36 Å². The molecule has 0 radical (unpaired) electrons. The summed E-state index contributed by atoms with van der Waals surface area (Å²) in [5.41, 5.74) is 4.82. The molecular weight excluding hydrogens is 515 g/mol. The van der Waals surface area contributed by atoms with Gasteiger partial charge in [-0.25, -0.2) is 9.98 Å². The number of ether oxygens (including phenoxy) is 2. The van der Waals surface area contributed by atoms with E-state index in [1.165, 1.54) is 12.1 Å². The Balaban J connectivity index is 1.31. The molecule has 0 spiro atoms. The van der Waals surface area contributed by atoms with Crippen LogP contribution in [0.2, 0.25) is 0 Å². The molecule has 1 aromatic heterocycles. The normalized spacial score (nSPS) is 17.9. The van der Waals surface area contributed by atoms with E-state index < -0.39 is 6.36 Å². The molecular formula is C27H20F3N5O2S. The molecule has 0 amide bonds. The highest BCUT2D eigenvalue weighted by molar-refractivity contribution is 7.96. The van der Waals surface area contributed by atoms with Gasteiger partial charge in [-0.15, -0.1) is 30.9 Å². The molecule has 0 aliphatic heterocycles. The average Bonchev–Trinajstić information content (AvgIpc) is 3.33. The van der Waals surface area contributed by atoms with Crippen LogP contribution in [0.15, 0.2) is 112 Å². The number of fused-ring (bicyclic) bond motifs is 3. The lowest BCUT2D eigenvalue weighted by Crippen LogP contribution is -2.17. The lowest BCUT2D eigenvalue weighted by atomic mass is 9.84. The summed E-state index contributed by atoms with van der Waals surface area (Å²) in [5, 5.41) is 8.31. The van der Waals surface area contributed by atoms with E-state index in [4.69, 9.17) is 4.74 Å². The largest absolute Gasteiger partial charge is 0.573 e. The Labute approximate surface area is 221 Å². The molecule has 192 valence electrons. The van der Waals surface area contributed by atoms with Gasteiger partial charge in [-0.05, 0) is 59.7 Å². The number of aliphatic imine (C=N–C) groups is 1. The standard InChI is InChI=1S/C27H20F3N5O2S/c1-36-24-5-3-2-4-22(24)33-26(38)34-32-15-17-6-12-21-18(14-17)7-13-23-25(21)31-16-35(23)19-8-10-20(11-9-19)37-27(28,29)30/h2-16,21H,1H3,(H,33,38)/b17-15+,34-32-. The molecule has 11 heteroatoms. The molecule has 0 fully saturated rings. The fourth-order valence-corrected chi connectivity index (χ4v) is 4.25. The first-order valence-electron chi connectivity index (χ1n) is 11.3. The predicted octanol–water partition coefficient (Wildman–Crippen LogP) is 7.34. The van der Waals surface area contributed by atoms with Crippen molar-refractivity contribution in [1.29, 1.82) is 0 Å². The Morgan fingerprint density at radius 2 is 1.87 bits per heavy atom. The third-order valence-electron chi connectivity index (χ3n) is 5.74. The molecule has 3 aromatic rings. The van der Waals surface area contributed by atoms with Crippen LogP contribution >= 0.6 is 12.6 Å². The molecule has 1 heterocycles. The molecule has 1 unspecified atom stereocenters. The van der Waals surface area contributed by atoms with Crippen molar-refractivity contribution in [3.8, 4) is 17.2 Å². The van der Waals surface area contributed by atoms with Gasteiger partial charge in [0.05, 0.1) is 24.7 Å². The number of amidine groups is 1. The second-order valence-corrected chi connectivity index (χ2v) is 8.57. The van der Waals surface area contributed by atoms with Crippen molar-refractivity contribution in [2.45, 2.75) is 12.3 Å². The number of aromatic nitrogens is 2. The number of alkyl halides is 3. The number of benzene rings is 2. The van der Waals surface area contributed by atoms with Crippen molar-refractivity contribution < 1.29 is 22.6 Å². The molecule has 0 bridgehead atoms. The number of nitrogens with zero attached hydrogens (tertiary/aromatic N) is 5. The van der Waals surface area contributed by atoms with Crippen LogP contribution in [0, 0.1) is 0 Å². The number of halogens is 3. The summed E-state index contributed by atoms with van der Waals surface area (Å²) >= 11 is 4.28. The van der Waals surface area contributed by atoms with E-state index in [9.17, 15) is 13.2 Å². The number of para-hydroxylation sites is 2. The highest BCUT2D eigenvalue weighted by Gasteiger charge is 2.31. The fraction of sp³-hybridized carbons (Fsp3) is 0.111. The maximum Gasteiger partial charge on any atom is 0.573 e. The monoisotopic (exact) mass is 535 g/mol. The highest BCUT2D eigenvalue weighted by atomic mass is 32.1. The van der Waals surface area contributed by atoms with Crippen LogP contribution in [-0.2, 0) is 0 Å². The summed E-state index contributed by atoms with van der Waals surface area (Å²) in [6.45, 7) is 0. The average molecular weight is 536 g/mol. The third kappa shape index (κ3) is 5.62. The Morgan fingerprint density at radius 1 is 1.08 bits per heavy atom. The van der Waals surface area contributed by atoms with Crippen LogP contribution in [0.25, 0.3) is 11.8 Å². The zero-order valence-electron chi connectivity index (χ0n) is 19.9. The van der Waals surface area contributed by atoms with Gasteiger partial charge in [0.2, 0.25) is 5.17 Å². The van der Waals surface area contributed by atoms with Crippen LogP contribution in [0.4, 0.5) is 18.9 Å². The molecule has 0 saturated heterocycles. The first-order chi connectivity index (χ1) is 18.3. The van der Waals surface area contributed by atoms with E-state index in [2.05, 4.69) is 37.6 Å². The third-order valence-corrected chi connectivity index (χ3v) is 5.93. The summed E-state index contributed by atoms with van der Waals surface area (Å²) in [4.78, 5) is 8.88. The van der Waals surface area contributed by atoms with Gasteiger partial charge in [-0.3, -0.25) is 4.57 Å². The van der Waals surface area contributed by atoms with Crippen molar-refractivity contribution in [3.05, 3.63) is 108 Å². The molecule has 2 aliphatic carbocycles. The van der Waals surface area contributed by atoms with Crippen LogP contribution < -0.4 is 9.47 Å². The van der Waals surface area contributed by atoms with Crippen LogP contribution in [0.1, 0.15) is 17.3 Å². The zero-order valence-corrected chi connectivity index (χ0v) is 20.8. The molecule has 5 rings (SSSR count). The molecule has 0 N–H and O–H groups in total. The van der Waals surface area contributed by atoms with E-state index >= 15 is 0 Å². The van der Waals surface area contributed by atoms with Crippen molar-refractivity contribution in [2.24, 2.45) is 15.2 Å². The summed E-state index contributed by atoms with van der Waals surface area (Å²) < 4.78 is 48.4. The smallest absolute Gasteiger partial charge is 0.494 e. The van der Waals surface area contributed by atoms with Crippen LogP contribution in [-0.4, -0.2) is 28.2 Å². The number of thiol groups is 1. The number of imidazole rings is 1. The van der Waals surface area contributed by atoms with E-state index in [0.29, 0.717) is 17.1 Å². The molecule has 0 saturated carbocycles. The molecule has 2 aliphatic rings. The van der Waals surface area contributed by atoms with Crippen molar-refractivity contribution in [3.63, 3.8) is 0 Å². The number of allylic oxidation sites excluding steroid dienone is 6. The first kappa shape index (κ1) is 25.3. The lowest BCUT2D eigenvalue weighted by Gasteiger charge is -2.22. The minimum Gasteiger partial charge on any atom is -0.494 e. The van der Waals surface area contributed by atoms with E-state index in [1.54, 1.807) is 43.9 Å². The van der Waals surface area contributed by atoms with E-state index in [0.717, 1.165) is 22.5 Å². The minimum atomic E-state index is -4.73. The van der Waals surface area contributed by atoms with Gasteiger partial charge in [-0.2, -0.15) is 5.11 Å². The topological polar surface area (TPSA) is 73.4 Å². The molecule has 1 atom stereocenters. The SMILES string of the molecule is COc1ccccc1/N=C(S)/N=N\C=C1/C=CC2C(=C1)C=Cc1c2ncn1-c1ccc(OC(F)(F)F)cc1. The van der Waals surface area contributed by atoms with E-state index in [1.807, 2.05) is 47.1 Å². The molecule has 7 nitrogen and oxygen atoms in total. The fourth-order valence-electron chi connectivity index (χ4n) is 4.10. The number of rotatable bonds is 5. The van der Waals surface area contributed by atoms with Gasteiger partial charge in [-0.1, -0.05) is 30.4 Å². The van der Waals surface area contributed by atoms with Crippen LogP contribution in [0.3, 0.4) is 0 Å². The van der Waals surface area contributed by atoms with Crippen molar-refractivity contribution in [1.82, 2.24) is 9.55 Å². The number of hydrogen-bond donors (Lipinski definition) is 1. The lowest BCUT2D eigenvalue weighted by molar-refractivity contribution is -0.274. The minimum absolute atomic E-state index is 0.0641. The number of hydrogen-bond acceptors (Lipinski definition) is 5.